The number of halogens is 4. The molecule has 4 aliphatic carbocycles. The molecule has 4 fully saturated rings. The van der Waals surface area contributed by atoms with E-state index in [2.05, 4.69) is 15.2 Å². The standard InChI is InChI=1S/C23H25ClF3N3O5/c1-30-19(13-4-11(13)7-33-23(25,26)27)35-20(29-30)21-8-22(9-21,10-21)28-18(32)17-6-15(31)14-5-12(24)2-3-16(14)34-17/h2-3,5,11,13,15,17,19,31H,4,6-10H2,1H3,(H,28,32)/t11-,13+,15?,17?,19?,21?,22?/m0/s1. The van der Waals surface area contributed by atoms with Crippen molar-refractivity contribution < 1.29 is 37.3 Å². The van der Waals surface area contributed by atoms with Crippen molar-refractivity contribution in [3.63, 3.8) is 0 Å². The Morgan fingerprint density at radius 1 is 1.31 bits per heavy atom. The number of hydrogen-bond donors (Lipinski definition) is 2. The van der Waals surface area contributed by atoms with Crippen molar-refractivity contribution in [1.29, 1.82) is 0 Å². The van der Waals surface area contributed by atoms with Crippen LogP contribution in [0.15, 0.2) is 23.3 Å². The molecule has 1 amide bonds. The van der Waals surface area contributed by atoms with Crippen molar-refractivity contribution in [2.24, 2.45) is 22.4 Å². The lowest BCUT2D eigenvalue weighted by Gasteiger charge is -2.69. The molecule has 3 unspecified atom stereocenters. The van der Waals surface area contributed by atoms with E-state index in [9.17, 15) is 23.1 Å². The van der Waals surface area contributed by atoms with Crippen LogP contribution in [0.2, 0.25) is 5.02 Å². The SMILES string of the molecule is CN1N=C(C23CC(NC(=O)C4CC(O)c5cc(Cl)ccc5O4)(C2)C3)OC1[C@@H]1C[C@H]1COC(F)(F)F. The molecule has 35 heavy (non-hydrogen) atoms. The number of nitrogens with one attached hydrogen (secondary N) is 1. The van der Waals surface area contributed by atoms with Gasteiger partial charge in [-0.15, -0.1) is 18.3 Å². The van der Waals surface area contributed by atoms with Gasteiger partial charge in [0, 0.05) is 35.5 Å². The van der Waals surface area contributed by atoms with Crippen LogP contribution in [0, 0.1) is 17.3 Å². The summed E-state index contributed by atoms with van der Waals surface area (Å²) in [6.07, 6.45) is -3.88. The number of aliphatic hydroxyl groups is 1. The largest absolute Gasteiger partial charge is 0.522 e. The Hall–Kier alpha value is -2.24. The summed E-state index contributed by atoms with van der Waals surface area (Å²) in [7, 11) is 1.76. The number of ether oxygens (including phenoxy) is 3. The highest BCUT2D eigenvalue weighted by Gasteiger charge is 2.73. The first-order valence-corrected chi connectivity index (χ1v) is 12.0. The highest BCUT2D eigenvalue weighted by molar-refractivity contribution is 6.30. The summed E-state index contributed by atoms with van der Waals surface area (Å²) in [5, 5.41) is 20.2. The lowest BCUT2D eigenvalue weighted by molar-refractivity contribution is -0.326. The number of rotatable bonds is 6. The van der Waals surface area contributed by atoms with Crippen molar-refractivity contribution in [2.45, 2.75) is 62.4 Å². The van der Waals surface area contributed by atoms with Crippen LogP contribution in [-0.2, 0) is 14.3 Å². The highest BCUT2D eigenvalue weighted by atomic mass is 35.5. The van der Waals surface area contributed by atoms with E-state index in [1.54, 1.807) is 30.3 Å². The van der Waals surface area contributed by atoms with Crippen LogP contribution in [0.5, 0.6) is 5.75 Å². The van der Waals surface area contributed by atoms with Gasteiger partial charge in [0.2, 0.25) is 5.90 Å². The molecule has 0 spiro atoms. The first kappa shape index (κ1) is 23.2. The van der Waals surface area contributed by atoms with Gasteiger partial charge in [0.15, 0.2) is 12.3 Å². The number of carbonyl (C=O) groups is 1. The van der Waals surface area contributed by atoms with Gasteiger partial charge in [-0.2, -0.15) is 0 Å². The summed E-state index contributed by atoms with van der Waals surface area (Å²) >= 11 is 5.99. The minimum absolute atomic E-state index is 0.0581. The van der Waals surface area contributed by atoms with Gasteiger partial charge in [0.05, 0.1) is 18.1 Å². The number of alkyl halides is 3. The van der Waals surface area contributed by atoms with Crippen molar-refractivity contribution in [1.82, 2.24) is 10.3 Å². The minimum atomic E-state index is -4.63. The van der Waals surface area contributed by atoms with E-state index in [0.717, 1.165) is 0 Å². The zero-order valence-electron chi connectivity index (χ0n) is 18.8. The number of hydrogen-bond acceptors (Lipinski definition) is 7. The molecular formula is C23H25ClF3N3O5. The fourth-order valence-corrected chi connectivity index (χ4v) is 6.27. The predicted octanol–water partition coefficient (Wildman–Crippen LogP) is 3.34. The van der Waals surface area contributed by atoms with E-state index in [0.29, 0.717) is 47.9 Å². The summed E-state index contributed by atoms with van der Waals surface area (Å²) in [5.41, 5.74) is -0.0278. The number of amides is 1. The zero-order chi connectivity index (χ0) is 24.8. The van der Waals surface area contributed by atoms with E-state index >= 15 is 0 Å². The van der Waals surface area contributed by atoms with Gasteiger partial charge in [-0.05, 0) is 49.8 Å². The number of fused-ring (bicyclic) bond motifs is 1. The number of carbonyl (C=O) groups excluding carboxylic acids is 1. The van der Waals surface area contributed by atoms with Gasteiger partial charge in [0.1, 0.15) is 5.75 Å². The molecule has 7 rings (SSSR count). The van der Waals surface area contributed by atoms with Gasteiger partial charge >= 0.3 is 6.36 Å². The monoisotopic (exact) mass is 515 g/mol. The number of benzene rings is 1. The minimum Gasteiger partial charge on any atom is -0.480 e. The van der Waals surface area contributed by atoms with Gasteiger partial charge in [-0.25, -0.2) is 0 Å². The zero-order valence-corrected chi connectivity index (χ0v) is 19.6. The summed E-state index contributed by atoms with van der Waals surface area (Å²) < 4.78 is 52.8. The van der Waals surface area contributed by atoms with Gasteiger partial charge in [0.25, 0.3) is 5.91 Å². The summed E-state index contributed by atoms with van der Waals surface area (Å²) in [6.45, 7) is -0.368. The Labute approximate surface area is 204 Å². The fourth-order valence-electron chi connectivity index (χ4n) is 6.09. The van der Waals surface area contributed by atoms with Gasteiger partial charge < -0.3 is 19.9 Å². The molecule has 12 heteroatoms. The van der Waals surface area contributed by atoms with E-state index < -0.39 is 24.8 Å². The third-order valence-electron chi connectivity index (χ3n) is 7.86. The molecule has 6 aliphatic rings. The maximum Gasteiger partial charge on any atom is 0.522 e. The Bertz CT molecular complexity index is 1080. The molecule has 4 saturated carbocycles. The molecule has 190 valence electrons. The smallest absolute Gasteiger partial charge is 0.480 e. The topological polar surface area (TPSA) is 92.6 Å². The maximum absolute atomic E-state index is 12.9. The molecule has 0 saturated heterocycles. The average Bonchev–Trinajstić information content (AvgIpc) is 3.40. The van der Waals surface area contributed by atoms with Crippen LogP contribution in [0.1, 0.15) is 43.8 Å². The third kappa shape index (κ3) is 4.01. The predicted molar refractivity (Wildman–Crippen MR) is 116 cm³/mol. The Morgan fingerprint density at radius 3 is 2.77 bits per heavy atom. The van der Waals surface area contributed by atoms with Crippen LogP contribution in [0.25, 0.3) is 0 Å². The Kier molecular flexibility index (Phi) is 5.05. The molecule has 1 aromatic rings. The summed E-state index contributed by atoms with van der Waals surface area (Å²) in [5.74, 6) is 0.511. The average molecular weight is 516 g/mol. The first-order chi connectivity index (χ1) is 16.5. The molecule has 0 radical (unpaired) electrons. The quantitative estimate of drug-likeness (QED) is 0.604. The van der Waals surface area contributed by atoms with Crippen molar-refractivity contribution in [3.05, 3.63) is 28.8 Å². The van der Waals surface area contributed by atoms with Crippen LogP contribution in [-0.4, -0.2) is 59.8 Å². The molecule has 0 aromatic heterocycles. The Morgan fingerprint density at radius 2 is 2.06 bits per heavy atom. The number of aliphatic hydroxyl groups excluding tert-OH is 1. The van der Waals surface area contributed by atoms with E-state index in [4.69, 9.17) is 21.1 Å². The van der Waals surface area contributed by atoms with Gasteiger partial charge in [-0.3, -0.25) is 14.5 Å². The highest BCUT2D eigenvalue weighted by Crippen LogP contribution is 2.69. The Balaban J connectivity index is 1.01. The normalized spacial score (nSPS) is 38.9. The van der Waals surface area contributed by atoms with Crippen LogP contribution in [0.4, 0.5) is 13.2 Å². The molecule has 2 aliphatic heterocycles. The maximum atomic E-state index is 12.9. The van der Waals surface area contributed by atoms with Crippen molar-refractivity contribution in [3.8, 4) is 5.75 Å². The fraction of sp³-hybridized carbons (Fsp3) is 0.652. The second-order valence-electron chi connectivity index (χ2n) is 10.5. The second kappa shape index (κ2) is 7.63. The molecule has 2 N–H and O–H groups in total. The lowest BCUT2D eigenvalue weighted by Crippen LogP contribution is -2.77. The third-order valence-corrected chi connectivity index (χ3v) is 8.09. The molecule has 1 aromatic carbocycles. The summed E-state index contributed by atoms with van der Waals surface area (Å²) in [6, 6.07) is 4.94. The molecular weight excluding hydrogens is 491 g/mol. The molecule has 2 heterocycles. The number of nitrogens with zero attached hydrogens (tertiary/aromatic N) is 2. The molecule has 2 bridgehead atoms. The molecule has 8 nitrogen and oxygen atoms in total. The van der Waals surface area contributed by atoms with E-state index in [1.165, 1.54) is 0 Å². The number of hydrazone groups is 1. The molecule has 5 atom stereocenters. The van der Waals surface area contributed by atoms with Crippen LogP contribution >= 0.6 is 11.6 Å². The van der Waals surface area contributed by atoms with E-state index in [1.807, 2.05) is 0 Å². The summed E-state index contributed by atoms with van der Waals surface area (Å²) in [4.78, 5) is 12.9. The van der Waals surface area contributed by atoms with Gasteiger partial charge in [-0.1, -0.05) is 11.6 Å². The lowest BCUT2D eigenvalue weighted by atomic mass is 9.39. The van der Waals surface area contributed by atoms with E-state index in [-0.39, 0.29) is 41.7 Å². The second-order valence-corrected chi connectivity index (χ2v) is 11.0. The van der Waals surface area contributed by atoms with Crippen molar-refractivity contribution >= 4 is 23.4 Å². The van der Waals surface area contributed by atoms with Crippen LogP contribution < -0.4 is 10.1 Å². The van der Waals surface area contributed by atoms with Crippen molar-refractivity contribution in [2.75, 3.05) is 13.7 Å². The first-order valence-electron chi connectivity index (χ1n) is 11.6. The van der Waals surface area contributed by atoms with Crippen LogP contribution in [0.3, 0.4) is 0 Å².